The molecule has 2 N–H and O–H groups in total. The molecule has 1 amide bonds. The lowest BCUT2D eigenvalue weighted by Crippen LogP contribution is -2.40. The van der Waals surface area contributed by atoms with Crippen molar-refractivity contribution in [2.45, 2.75) is 4.90 Å². The predicted octanol–water partition coefficient (Wildman–Crippen LogP) is 1.34. The first-order valence-corrected chi connectivity index (χ1v) is 11.3. The van der Waals surface area contributed by atoms with E-state index in [9.17, 15) is 21.6 Å². The summed E-state index contributed by atoms with van der Waals surface area (Å²) in [5.41, 5.74) is 1.40. The van der Waals surface area contributed by atoms with E-state index in [-0.39, 0.29) is 18.0 Å². The van der Waals surface area contributed by atoms with Gasteiger partial charge >= 0.3 is 16.3 Å². The van der Waals surface area contributed by atoms with E-state index in [0.29, 0.717) is 17.1 Å². The Hall–Kier alpha value is -2.83. The number of hydrogen-bond acceptors (Lipinski definition) is 6. The number of benzene rings is 2. The van der Waals surface area contributed by atoms with Gasteiger partial charge in [-0.2, -0.15) is 8.42 Å². The van der Waals surface area contributed by atoms with Crippen molar-refractivity contribution >= 4 is 43.4 Å². The quantitative estimate of drug-likeness (QED) is 0.698. The third kappa shape index (κ3) is 4.13. The third-order valence-corrected chi connectivity index (χ3v) is 7.62. The molecule has 0 fully saturated rings. The number of hydrogen-bond donors (Lipinski definition) is 2. The van der Waals surface area contributed by atoms with Gasteiger partial charge in [0.15, 0.2) is 0 Å². The Morgan fingerprint density at radius 2 is 1.69 bits per heavy atom. The van der Waals surface area contributed by atoms with Crippen molar-refractivity contribution in [3.63, 3.8) is 0 Å². The Morgan fingerprint density at radius 1 is 1.07 bits per heavy atom. The first-order chi connectivity index (χ1) is 13.7. The zero-order chi connectivity index (χ0) is 21.2. The number of methoxy groups -OCH3 is 1. The SMILES string of the molecule is COC(=O)Nc1ccc(S(=O)(=O)NCCN2c3ccccc3N(C)S2(=O)=O)cc1. The fourth-order valence-electron chi connectivity index (χ4n) is 2.82. The van der Waals surface area contributed by atoms with Gasteiger partial charge in [-0.05, 0) is 36.4 Å². The molecule has 1 aliphatic heterocycles. The molecule has 2 aromatic rings. The Bertz CT molecular complexity index is 1120. The molecule has 2 aromatic carbocycles. The lowest BCUT2D eigenvalue weighted by Gasteiger charge is -2.19. The molecule has 0 unspecified atom stereocenters. The molecular formula is C17H20N4O6S2. The number of amides is 1. The van der Waals surface area contributed by atoms with Crippen molar-refractivity contribution in [1.82, 2.24) is 4.72 Å². The smallest absolute Gasteiger partial charge is 0.411 e. The normalized spacial score (nSPS) is 15.1. The van der Waals surface area contributed by atoms with E-state index in [4.69, 9.17) is 0 Å². The molecule has 0 saturated carbocycles. The lowest BCUT2D eigenvalue weighted by atomic mass is 10.2. The van der Waals surface area contributed by atoms with Crippen LogP contribution in [0.4, 0.5) is 21.9 Å². The maximum Gasteiger partial charge on any atom is 0.411 e. The van der Waals surface area contributed by atoms with E-state index in [1.807, 2.05) is 0 Å². The maximum absolute atomic E-state index is 12.6. The van der Waals surface area contributed by atoms with Crippen molar-refractivity contribution in [2.24, 2.45) is 0 Å². The van der Waals surface area contributed by atoms with Gasteiger partial charge in [-0.1, -0.05) is 12.1 Å². The summed E-state index contributed by atoms with van der Waals surface area (Å²) in [4.78, 5) is 11.2. The van der Waals surface area contributed by atoms with Gasteiger partial charge in [-0.3, -0.25) is 9.62 Å². The molecular weight excluding hydrogens is 420 g/mol. The third-order valence-electron chi connectivity index (χ3n) is 4.32. The molecule has 1 aliphatic rings. The number of anilines is 3. The van der Waals surface area contributed by atoms with E-state index in [1.54, 1.807) is 24.3 Å². The van der Waals surface area contributed by atoms with Gasteiger partial charge in [0, 0.05) is 25.8 Å². The van der Waals surface area contributed by atoms with Crippen LogP contribution in [0.25, 0.3) is 0 Å². The molecule has 156 valence electrons. The summed E-state index contributed by atoms with van der Waals surface area (Å²) < 4.78 is 59.2. The highest BCUT2D eigenvalue weighted by Gasteiger charge is 2.37. The maximum atomic E-state index is 12.6. The van der Waals surface area contributed by atoms with Crippen LogP contribution in [0.1, 0.15) is 0 Å². The van der Waals surface area contributed by atoms with Crippen LogP contribution in [-0.2, 0) is 25.0 Å². The Kier molecular flexibility index (Phi) is 5.68. The summed E-state index contributed by atoms with van der Waals surface area (Å²) in [5.74, 6) is 0. The Labute approximate surface area is 169 Å². The number of para-hydroxylation sites is 2. The molecule has 10 nitrogen and oxygen atoms in total. The number of carbonyl (C=O) groups excluding carboxylic acids is 1. The summed E-state index contributed by atoms with van der Waals surface area (Å²) in [7, 11) is -4.94. The van der Waals surface area contributed by atoms with Crippen molar-refractivity contribution in [3.8, 4) is 0 Å². The van der Waals surface area contributed by atoms with Crippen LogP contribution >= 0.6 is 0 Å². The van der Waals surface area contributed by atoms with Crippen molar-refractivity contribution in [2.75, 3.05) is 41.2 Å². The number of fused-ring (bicyclic) bond motifs is 1. The monoisotopic (exact) mass is 440 g/mol. The summed E-state index contributed by atoms with van der Waals surface area (Å²) in [5, 5.41) is 2.42. The predicted molar refractivity (Wildman–Crippen MR) is 109 cm³/mol. The first kappa shape index (κ1) is 20.9. The van der Waals surface area contributed by atoms with E-state index < -0.39 is 26.3 Å². The second-order valence-corrected chi connectivity index (χ2v) is 9.73. The van der Waals surface area contributed by atoms with Gasteiger partial charge < -0.3 is 4.74 Å². The number of nitrogens with zero attached hydrogens (tertiary/aromatic N) is 2. The van der Waals surface area contributed by atoms with Crippen LogP contribution in [0.15, 0.2) is 53.4 Å². The zero-order valence-electron chi connectivity index (χ0n) is 15.7. The van der Waals surface area contributed by atoms with Gasteiger partial charge in [0.1, 0.15) is 0 Å². The van der Waals surface area contributed by atoms with Crippen molar-refractivity contribution < 1.29 is 26.4 Å². The van der Waals surface area contributed by atoms with Crippen LogP contribution in [0, 0.1) is 0 Å². The summed E-state index contributed by atoms with van der Waals surface area (Å²) in [6.45, 7) is -0.184. The van der Waals surface area contributed by atoms with Gasteiger partial charge in [0.05, 0.1) is 23.4 Å². The molecule has 0 radical (unpaired) electrons. The minimum Gasteiger partial charge on any atom is -0.453 e. The molecule has 3 rings (SSSR count). The number of carbonyl (C=O) groups is 1. The van der Waals surface area contributed by atoms with Gasteiger partial charge in [0.25, 0.3) is 0 Å². The van der Waals surface area contributed by atoms with Gasteiger partial charge in [-0.15, -0.1) is 0 Å². The second kappa shape index (κ2) is 7.89. The highest BCUT2D eigenvalue weighted by atomic mass is 32.2. The molecule has 0 spiro atoms. The molecule has 0 atom stereocenters. The molecule has 0 bridgehead atoms. The minimum absolute atomic E-state index is 0.0188. The molecule has 29 heavy (non-hydrogen) atoms. The van der Waals surface area contributed by atoms with Crippen LogP contribution in [0.5, 0.6) is 0 Å². The van der Waals surface area contributed by atoms with Crippen LogP contribution in [-0.4, -0.2) is 50.2 Å². The van der Waals surface area contributed by atoms with Crippen molar-refractivity contribution in [1.29, 1.82) is 0 Å². The number of sulfonamides is 1. The van der Waals surface area contributed by atoms with E-state index in [0.717, 1.165) is 8.61 Å². The van der Waals surface area contributed by atoms with E-state index in [2.05, 4.69) is 14.8 Å². The molecule has 12 heteroatoms. The topological polar surface area (TPSA) is 125 Å². The molecule has 0 aliphatic carbocycles. The molecule has 0 saturated heterocycles. The van der Waals surface area contributed by atoms with Crippen LogP contribution in [0.3, 0.4) is 0 Å². The molecule has 1 heterocycles. The Morgan fingerprint density at radius 3 is 2.31 bits per heavy atom. The average Bonchev–Trinajstić information content (AvgIpc) is 2.89. The van der Waals surface area contributed by atoms with E-state index >= 15 is 0 Å². The minimum atomic E-state index is -3.86. The number of nitrogens with one attached hydrogen (secondary N) is 2. The standard InChI is InChI=1S/C17H20N4O6S2/c1-20-15-5-3-4-6-16(15)21(29(20,25)26)12-11-18-28(23,24)14-9-7-13(8-10-14)19-17(22)27-2/h3-10,18H,11-12H2,1-2H3,(H,19,22). The van der Waals surface area contributed by atoms with Crippen LogP contribution < -0.4 is 18.6 Å². The molecule has 0 aromatic heterocycles. The first-order valence-electron chi connectivity index (χ1n) is 8.47. The highest BCUT2D eigenvalue weighted by molar-refractivity contribution is 7.94. The van der Waals surface area contributed by atoms with Crippen LogP contribution in [0.2, 0.25) is 0 Å². The average molecular weight is 441 g/mol. The fraction of sp³-hybridized carbons (Fsp3) is 0.235. The second-order valence-electron chi connectivity index (χ2n) is 6.07. The Balaban J connectivity index is 1.68. The fourth-order valence-corrected chi connectivity index (χ4v) is 5.27. The zero-order valence-corrected chi connectivity index (χ0v) is 17.3. The lowest BCUT2D eigenvalue weighted by molar-refractivity contribution is 0.187. The summed E-state index contributed by atoms with van der Waals surface area (Å²) >= 11 is 0. The van der Waals surface area contributed by atoms with Crippen molar-refractivity contribution in [3.05, 3.63) is 48.5 Å². The van der Waals surface area contributed by atoms with Gasteiger partial charge in [-0.25, -0.2) is 22.2 Å². The highest BCUT2D eigenvalue weighted by Crippen LogP contribution is 2.39. The number of ether oxygens (including phenoxy) is 1. The number of rotatable bonds is 6. The van der Waals surface area contributed by atoms with Gasteiger partial charge in [0.2, 0.25) is 10.0 Å². The summed E-state index contributed by atoms with van der Waals surface area (Å²) in [6, 6.07) is 12.3. The summed E-state index contributed by atoms with van der Waals surface area (Å²) in [6.07, 6.45) is -0.671. The van der Waals surface area contributed by atoms with E-state index in [1.165, 1.54) is 38.4 Å². The largest absolute Gasteiger partial charge is 0.453 e.